The van der Waals surface area contributed by atoms with E-state index in [0.717, 1.165) is 69.0 Å². The van der Waals surface area contributed by atoms with Gasteiger partial charge in [0.1, 0.15) is 5.75 Å². The fourth-order valence-electron chi connectivity index (χ4n) is 2.56. The second-order valence-electron chi connectivity index (χ2n) is 6.24. The van der Waals surface area contributed by atoms with Gasteiger partial charge in [0.25, 0.3) is 0 Å². The normalized spacial score (nSPS) is 11.0. The third-order valence-electron chi connectivity index (χ3n) is 4.01. The number of aryl methyl sites for hydroxylation is 1. The molecule has 0 fully saturated rings. The minimum absolute atomic E-state index is 0. The molecule has 0 aliphatic heterocycles. The highest BCUT2D eigenvalue weighted by Gasteiger charge is 2.08. The van der Waals surface area contributed by atoms with Gasteiger partial charge in [-0.25, -0.2) is 0 Å². The molecule has 0 spiro atoms. The van der Waals surface area contributed by atoms with Crippen LogP contribution in [0.1, 0.15) is 45.4 Å². The average Bonchev–Trinajstić information content (AvgIpc) is 3.17. The molecule has 28 heavy (non-hydrogen) atoms. The highest BCUT2D eigenvalue weighted by molar-refractivity contribution is 14.0. The van der Waals surface area contributed by atoms with Crippen molar-refractivity contribution < 1.29 is 9.26 Å². The fourth-order valence-corrected chi connectivity index (χ4v) is 2.56. The van der Waals surface area contributed by atoms with Crippen molar-refractivity contribution in [1.29, 1.82) is 0 Å². The number of rotatable bonds is 11. The zero-order valence-electron chi connectivity index (χ0n) is 17.0. The Morgan fingerprint density at radius 3 is 2.57 bits per heavy atom. The third-order valence-corrected chi connectivity index (χ3v) is 4.01. The van der Waals surface area contributed by atoms with Crippen molar-refractivity contribution in [3.8, 4) is 17.1 Å². The van der Waals surface area contributed by atoms with Gasteiger partial charge < -0.3 is 19.9 Å². The van der Waals surface area contributed by atoms with Crippen LogP contribution in [-0.4, -0.2) is 42.8 Å². The molecule has 0 unspecified atom stereocenters. The second-order valence-corrected chi connectivity index (χ2v) is 6.24. The lowest BCUT2D eigenvalue weighted by molar-refractivity contribution is 0.374. The average molecular weight is 501 g/mol. The number of halogens is 1. The molecule has 0 amide bonds. The maximum absolute atomic E-state index is 5.36. The van der Waals surface area contributed by atoms with Crippen LogP contribution in [0.3, 0.4) is 0 Å². The molecule has 0 aliphatic carbocycles. The summed E-state index contributed by atoms with van der Waals surface area (Å²) in [5, 5.41) is 10.7. The van der Waals surface area contributed by atoms with E-state index in [9.17, 15) is 0 Å². The number of nitrogens with zero attached hydrogens (tertiary/aromatic N) is 3. The first kappa shape index (κ1) is 24.2. The molecule has 0 aliphatic rings. The van der Waals surface area contributed by atoms with Gasteiger partial charge in [-0.3, -0.25) is 4.99 Å². The van der Waals surface area contributed by atoms with Crippen molar-refractivity contribution in [3.05, 3.63) is 30.2 Å². The van der Waals surface area contributed by atoms with E-state index in [-0.39, 0.29) is 24.0 Å². The summed E-state index contributed by atoms with van der Waals surface area (Å²) < 4.78 is 10.5. The van der Waals surface area contributed by atoms with Crippen LogP contribution in [0.25, 0.3) is 11.4 Å². The zero-order valence-corrected chi connectivity index (χ0v) is 19.4. The Hall–Kier alpha value is -1.84. The van der Waals surface area contributed by atoms with Gasteiger partial charge in [-0.05, 0) is 50.5 Å². The lowest BCUT2D eigenvalue weighted by atomic mass is 10.2. The predicted octanol–water partition coefficient (Wildman–Crippen LogP) is 4.04. The molecule has 2 aromatic rings. The number of aliphatic imine (C=N–C) groups is 1. The quantitative estimate of drug-likeness (QED) is 0.209. The van der Waals surface area contributed by atoms with Crippen LogP contribution in [0.4, 0.5) is 0 Å². The van der Waals surface area contributed by atoms with Crippen LogP contribution >= 0.6 is 24.0 Å². The first-order valence-corrected chi connectivity index (χ1v) is 9.76. The number of aromatic nitrogens is 2. The van der Waals surface area contributed by atoms with Gasteiger partial charge >= 0.3 is 0 Å². The Morgan fingerprint density at radius 1 is 1.11 bits per heavy atom. The molecule has 2 rings (SSSR count). The summed E-state index contributed by atoms with van der Waals surface area (Å²) in [7, 11) is 1.65. The summed E-state index contributed by atoms with van der Waals surface area (Å²) in [6.07, 6.45) is 5.05. The van der Waals surface area contributed by atoms with E-state index in [2.05, 4.69) is 39.6 Å². The van der Waals surface area contributed by atoms with Gasteiger partial charge in [0.15, 0.2) is 5.96 Å². The van der Waals surface area contributed by atoms with E-state index < -0.39 is 0 Å². The molecule has 1 aromatic carbocycles. The monoisotopic (exact) mass is 501 g/mol. The van der Waals surface area contributed by atoms with E-state index in [1.165, 1.54) is 0 Å². The topological polar surface area (TPSA) is 84.6 Å². The van der Waals surface area contributed by atoms with Crippen molar-refractivity contribution in [1.82, 2.24) is 20.8 Å². The molecule has 7 nitrogen and oxygen atoms in total. The van der Waals surface area contributed by atoms with Crippen LogP contribution in [0.5, 0.6) is 5.75 Å². The standard InChI is InChI=1S/C20H31N5O2.HI/c1-4-14-22-20(21-5-2)23-15-8-6-7-9-18-24-19(25-27-18)16-10-12-17(26-3)13-11-16;/h10-13H,4-9,14-15H2,1-3H3,(H2,21,22,23);1H. The molecule has 0 bridgehead atoms. The molecule has 2 N–H and O–H groups in total. The van der Waals surface area contributed by atoms with Crippen LogP contribution < -0.4 is 15.4 Å². The van der Waals surface area contributed by atoms with E-state index in [4.69, 9.17) is 9.26 Å². The fraction of sp³-hybridized carbons (Fsp3) is 0.550. The predicted molar refractivity (Wildman–Crippen MR) is 124 cm³/mol. The molecule has 0 radical (unpaired) electrons. The summed E-state index contributed by atoms with van der Waals surface area (Å²) in [5.74, 6) is 3.02. The van der Waals surface area contributed by atoms with Crippen LogP contribution in [0, 0.1) is 0 Å². The summed E-state index contributed by atoms with van der Waals surface area (Å²) in [4.78, 5) is 8.97. The Bertz CT molecular complexity index is 688. The van der Waals surface area contributed by atoms with Crippen LogP contribution in [-0.2, 0) is 6.42 Å². The molecule has 1 heterocycles. The SMILES string of the molecule is CCCN=C(NCC)NCCCCCc1nc(-c2ccc(OC)cc2)no1.I. The minimum atomic E-state index is 0. The Morgan fingerprint density at radius 2 is 1.89 bits per heavy atom. The molecule has 0 saturated carbocycles. The largest absolute Gasteiger partial charge is 0.497 e. The van der Waals surface area contributed by atoms with E-state index in [1.54, 1.807) is 7.11 Å². The molecule has 1 aromatic heterocycles. The van der Waals surface area contributed by atoms with Crippen LogP contribution in [0.15, 0.2) is 33.8 Å². The maximum atomic E-state index is 5.36. The van der Waals surface area contributed by atoms with E-state index in [0.29, 0.717) is 11.7 Å². The van der Waals surface area contributed by atoms with Gasteiger partial charge in [0.05, 0.1) is 7.11 Å². The molecule has 8 heteroatoms. The number of hydrogen-bond acceptors (Lipinski definition) is 5. The van der Waals surface area contributed by atoms with Crippen molar-refractivity contribution in [2.24, 2.45) is 4.99 Å². The summed E-state index contributed by atoms with van der Waals surface area (Å²) >= 11 is 0. The second kappa shape index (κ2) is 14.2. The highest BCUT2D eigenvalue weighted by atomic mass is 127. The number of unbranched alkanes of at least 4 members (excludes halogenated alkanes) is 2. The summed E-state index contributed by atoms with van der Waals surface area (Å²) in [6, 6.07) is 7.65. The van der Waals surface area contributed by atoms with Gasteiger partial charge in [0, 0.05) is 31.6 Å². The highest BCUT2D eigenvalue weighted by Crippen LogP contribution is 2.20. The molecule has 0 atom stereocenters. The first-order valence-electron chi connectivity index (χ1n) is 9.76. The number of hydrogen-bond donors (Lipinski definition) is 2. The maximum Gasteiger partial charge on any atom is 0.226 e. The Kier molecular flexibility index (Phi) is 12.3. The number of methoxy groups -OCH3 is 1. The third kappa shape index (κ3) is 8.45. The van der Waals surface area contributed by atoms with Gasteiger partial charge in [-0.15, -0.1) is 24.0 Å². The summed E-state index contributed by atoms with van der Waals surface area (Å²) in [5.41, 5.74) is 0.928. The van der Waals surface area contributed by atoms with E-state index >= 15 is 0 Å². The molecule has 0 saturated heterocycles. The minimum Gasteiger partial charge on any atom is -0.497 e. The van der Waals surface area contributed by atoms with Gasteiger partial charge in [-0.1, -0.05) is 18.5 Å². The number of guanidine groups is 1. The molecule has 156 valence electrons. The lowest BCUT2D eigenvalue weighted by Crippen LogP contribution is -2.37. The number of ether oxygens (including phenoxy) is 1. The lowest BCUT2D eigenvalue weighted by Gasteiger charge is -2.10. The van der Waals surface area contributed by atoms with Crippen molar-refractivity contribution in [2.75, 3.05) is 26.7 Å². The number of benzene rings is 1. The first-order chi connectivity index (χ1) is 13.3. The van der Waals surface area contributed by atoms with Gasteiger partial charge in [-0.2, -0.15) is 4.98 Å². The molecular formula is C20H32IN5O2. The zero-order chi connectivity index (χ0) is 19.3. The Balaban J connectivity index is 0.00000392. The Labute approximate surface area is 184 Å². The smallest absolute Gasteiger partial charge is 0.226 e. The molecular weight excluding hydrogens is 469 g/mol. The van der Waals surface area contributed by atoms with E-state index in [1.807, 2.05) is 24.3 Å². The van der Waals surface area contributed by atoms with Gasteiger partial charge in [0.2, 0.25) is 11.7 Å². The van der Waals surface area contributed by atoms with Crippen molar-refractivity contribution in [3.63, 3.8) is 0 Å². The van der Waals surface area contributed by atoms with Crippen LogP contribution in [0.2, 0.25) is 0 Å². The number of nitrogens with one attached hydrogen (secondary N) is 2. The van der Waals surface area contributed by atoms with Crippen molar-refractivity contribution in [2.45, 2.75) is 46.0 Å². The van der Waals surface area contributed by atoms with Crippen molar-refractivity contribution >= 4 is 29.9 Å². The summed E-state index contributed by atoms with van der Waals surface area (Å²) in [6.45, 7) is 6.85.